The summed E-state index contributed by atoms with van der Waals surface area (Å²) in [4.78, 5) is 25.4. The van der Waals surface area contributed by atoms with Gasteiger partial charge in [0, 0.05) is 0 Å². The molecule has 0 saturated heterocycles. The van der Waals surface area contributed by atoms with Gasteiger partial charge in [0.15, 0.2) is 11.6 Å². The van der Waals surface area contributed by atoms with Gasteiger partial charge in [0.05, 0.1) is 11.6 Å². The van der Waals surface area contributed by atoms with E-state index < -0.39 is 48.7 Å². The highest BCUT2D eigenvalue weighted by atomic mass is 19.2. The minimum absolute atomic E-state index is 0.124. The SMILES string of the molecule is C=CC(=O)N(CC(=O)N[C@@H](Cc1ccc(C)cc1C)B(O)O)c1cccc(F)c1F. The average Bonchev–Trinajstić information content (AvgIpc) is 2.69. The molecule has 0 radical (unpaired) electrons. The highest BCUT2D eigenvalue weighted by Crippen LogP contribution is 2.22. The predicted molar refractivity (Wildman–Crippen MR) is 111 cm³/mol. The summed E-state index contributed by atoms with van der Waals surface area (Å²) in [5.41, 5.74) is 2.33. The van der Waals surface area contributed by atoms with Gasteiger partial charge in [0.2, 0.25) is 5.91 Å². The Bertz CT molecular complexity index is 953. The zero-order chi connectivity index (χ0) is 22.4. The fraction of sp³-hybridized carbons (Fsp3) is 0.238. The number of halogens is 2. The molecule has 9 heteroatoms. The van der Waals surface area contributed by atoms with Crippen LogP contribution in [-0.2, 0) is 16.0 Å². The topological polar surface area (TPSA) is 89.9 Å². The Kier molecular flexibility index (Phi) is 7.85. The van der Waals surface area contributed by atoms with Crippen molar-refractivity contribution in [3.05, 3.63) is 77.4 Å². The number of amides is 2. The van der Waals surface area contributed by atoms with Crippen LogP contribution >= 0.6 is 0 Å². The van der Waals surface area contributed by atoms with Gasteiger partial charge in [0.25, 0.3) is 5.91 Å². The van der Waals surface area contributed by atoms with Crippen molar-refractivity contribution in [3.8, 4) is 0 Å². The molecule has 0 spiro atoms. The van der Waals surface area contributed by atoms with Gasteiger partial charge in [-0.2, -0.15) is 0 Å². The molecule has 0 aliphatic heterocycles. The smallest absolute Gasteiger partial charge is 0.426 e. The normalized spacial score (nSPS) is 11.5. The van der Waals surface area contributed by atoms with Crippen molar-refractivity contribution >= 4 is 24.6 Å². The van der Waals surface area contributed by atoms with Crippen LogP contribution in [0.3, 0.4) is 0 Å². The predicted octanol–water partition coefficient (Wildman–Crippen LogP) is 1.84. The molecule has 2 aromatic carbocycles. The van der Waals surface area contributed by atoms with E-state index in [2.05, 4.69) is 11.9 Å². The monoisotopic (exact) mass is 416 g/mol. The molecule has 1 atom stereocenters. The molecular formula is C21H23BF2N2O4. The number of hydrogen-bond acceptors (Lipinski definition) is 4. The molecule has 0 aromatic heterocycles. The van der Waals surface area contributed by atoms with Crippen LogP contribution in [0.25, 0.3) is 0 Å². The lowest BCUT2D eigenvalue weighted by atomic mass is 9.75. The summed E-state index contributed by atoms with van der Waals surface area (Å²) >= 11 is 0. The quantitative estimate of drug-likeness (QED) is 0.453. The van der Waals surface area contributed by atoms with Gasteiger partial charge in [0.1, 0.15) is 6.54 Å². The number of hydrogen-bond donors (Lipinski definition) is 3. The van der Waals surface area contributed by atoms with Crippen molar-refractivity contribution in [1.29, 1.82) is 0 Å². The summed E-state index contributed by atoms with van der Waals surface area (Å²) in [6.07, 6.45) is 0.991. The number of rotatable bonds is 8. The van der Waals surface area contributed by atoms with Gasteiger partial charge in [-0.3, -0.25) is 14.5 Å². The number of aryl methyl sites for hydroxylation is 2. The third kappa shape index (κ3) is 5.74. The molecule has 3 N–H and O–H groups in total. The first-order valence-corrected chi connectivity index (χ1v) is 9.23. The Labute approximate surface area is 174 Å². The van der Waals surface area contributed by atoms with Crippen LogP contribution in [0, 0.1) is 25.5 Å². The molecule has 0 saturated carbocycles. The van der Waals surface area contributed by atoms with E-state index in [4.69, 9.17) is 0 Å². The summed E-state index contributed by atoms with van der Waals surface area (Å²) in [7, 11) is -1.87. The van der Waals surface area contributed by atoms with E-state index in [1.54, 1.807) is 0 Å². The van der Waals surface area contributed by atoms with Crippen molar-refractivity contribution in [1.82, 2.24) is 5.32 Å². The van der Waals surface area contributed by atoms with E-state index in [9.17, 15) is 28.4 Å². The molecular weight excluding hydrogens is 393 g/mol. The van der Waals surface area contributed by atoms with Crippen LogP contribution in [0.15, 0.2) is 49.1 Å². The molecule has 30 heavy (non-hydrogen) atoms. The molecule has 6 nitrogen and oxygen atoms in total. The fourth-order valence-electron chi connectivity index (χ4n) is 3.03. The van der Waals surface area contributed by atoms with Crippen LogP contribution in [-0.4, -0.2) is 41.5 Å². The van der Waals surface area contributed by atoms with Gasteiger partial charge >= 0.3 is 7.12 Å². The molecule has 2 rings (SSSR count). The van der Waals surface area contributed by atoms with E-state index in [0.29, 0.717) is 0 Å². The molecule has 0 aliphatic rings. The average molecular weight is 416 g/mol. The largest absolute Gasteiger partial charge is 0.475 e. The lowest BCUT2D eigenvalue weighted by molar-refractivity contribution is -0.122. The molecule has 2 aromatic rings. The first-order chi connectivity index (χ1) is 14.1. The zero-order valence-electron chi connectivity index (χ0n) is 16.7. The Hall–Kier alpha value is -3.04. The molecule has 0 aliphatic carbocycles. The van der Waals surface area contributed by atoms with Crippen molar-refractivity contribution < 1.29 is 28.4 Å². The summed E-state index contributed by atoms with van der Waals surface area (Å²) in [6, 6.07) is 8.85. The van der Waals surface area contributed by atoms with Gasteiger partial charge in [-0.05, 0) is 49.6 Å². The number of nitrogens with one attached hydrogen (secondary N) is 1. The fourth-order valence-corrected chi connectivity index (χ4v) is 3.03. The first-order valence-electron chi connectivity index (χ1n) is 9.23. The molecule has 0 heterocycles. The summed E-state index contributed by atoms with van der Waals surface area (Å²) in [5, 5.41) is 21.8. The third-order valence-corrected chi connectivity index (χ3v) is 4.61. The van der Waals surface area contributed by atoms with Crippen LogP contribution in [0.2, 0.25) is 0 Å². The maximum absolute atomic E-state index is 14.1. The van der Waals surface area contributed by atoms with Gasteiger partial charge in [-0.15, -0.1) is 0 Å². The second-order valence-electron chi connectivity index (χ2n) is 6.92. The van der Waals surface area contributed by atoms with Crippen LogP contribution in [0.5, 0.6) is 0 Å². The van der Waals surface area contributed by atoms with Crippen molar-refractivity contribution in [2.45, 2.75) is 26.2 Å². The van der Waals surface area contributed by atoms with Crippen molar-refractivity contribution in [2.75, 3.05) is 11.4 Å². The molecule has 0 bridgehead atoms. The van der Waals surface area contributed by atoms with Crippen LogP contribution in [0.1, 0.15) is 16.7 Å². The number of carbonyl (C=O) groups is 2. The van der Waals surface area contributed by atoms with Gasteiger partial charge in [-0.25, -0.2) is 8.78 Å². The number of carbonyl (C=O) groups excluding carboxylic acids is 2. The Morgan fingerprint density at radius 3 is 2.53 bits per heavy atom. The summed E-state index contributed by atoms with van der Waals surface area (Å²) in [6.45, 7) is 6.43. The number of nitrogens with zero attached hydrogens (tertiary/aromatic N) is 1. The molecule has 158 valence electrons. The summed E-state index contributed by atoms with van der Waals surface area (Å²) < 4.78 is 27.7. The maximum atomic E-state index is 14.1. The van der Waals surface area contributed by atoms with Crippen LogP contribution in [0.4, 0.5) is 14.5 Å². The lowest BCUT2D eigenvalue weighted by Gasteiger charge is -2.24. The lowest BCUT2D eigenvalue weighted by Crippen LogP contribution is -2.51. The second-order valence-corrected chi connectivity index (χ2v) is 6.92. The Balaban J connectivity index is 2.20. The molecule has 2 amide bonds. The summed E-state index contributed by atoms with van der Waals surface area (Å²) in [5.74, 6) is -5.12. The van der Waals surface area contributed by atoms with E-state index >= 15 is 0 Å². The van der Waals surface area contributed by atoms with Crippen LogP contribution < -0.4 is 10.2 Å². The molecule has 0 fully saturated rings. The van der Waals surface area contributed by atoms with Crippen molar-refractivity contribution in [2.24, 2.45) is 0 Å². The Morgan fingerprint density at radius 2 is 1.93 bits per heavy atom. The van der Waals surface area contributed by atoms with E-state index in [1.165, 1.54) is 6.07 Å². The van der Waals surface area contributed by atoms with E-state index in [0.717, 1.165) is 39.8 Å². The highest BCUT2D eigenvalue weighted by molar-refractivity contribution is 6.43. The highest BCUT2D eigenvalue weighted by Gasteiger charge is 2.28. The van der Waals surface area contributed by atoms with Crippen molar-refractivity contribution in [3.63, 3.8) is 0 Å². The first kappa shape index (κ1) is 23.2. The number of anilines is 1. The Morgan fingerprint density at radius 1 is 1.23 bits per heavy atom. The number of benzene rings is 2. The molecule has 0 unspecified atom stereocenters. The van der Waals surface area contributed by atoms with E-state index in [-0.39, 0.29) is 6.42 Å². The van der Waals surface area contributed by atoms with Gasteiger partial charge < -0.3 is 15.4 Å². The van der Waals surface area contributed by atoms with Gasteiger partial charge in [-0.1, -0.05) is 36.4 Å². The minimum Gasteiger partial charge on any atom is -0.426 e. The third-order valence-electron chi connectivity index (χ3n) is 4.61. The minimum atomic E-state index is -1.87. The maximum Gasteiger partial charge on any atom is 0.475 e. The zero-order valence-corrected chi connectivity index (χ0v) is 16.7. The second kappa shape index (κ2) is 10.1. The standard InChI is InChI=1S/C21H23BF2N2O4/c1-4-20(28)26(17-7-5-6-16(23)21(17)24)12-19(27)25-18(22(29)30)11-15-9-8-13(2)10-14(15)3/h4-10,18,29-30H,1,11-12H2,2-3H3,(H,25,27)/t18-/m0/s1. The van der Waals surface area contributed by atoms with E-state index in [1.807, 2.05) is 32.0 Å².